The highest BCUT2D eigenvalue weighted by Gasteiger charge is 2.22. The maximum Gasteiger partial charge on any atom is 0.182 e. The lowest BCUT2D eigenvalue weighted by molar-refractivity contribution is 0.365. The molecule has 0 aliphatic rings. The summed E-state index contributed by atoms with van der Waals surface area (Å²) in [6.07, 6.45) is 3.93. The molecule has 2 heterocycles. The molecular formula is C10H14N4O2S. The van der Waals surface area contributed by atoms with E-state index in [0.717, 1.165) is 6.26 Å². The summed E-state index contributed by atoms with van der Waals surface area (Å²) in [5.41, 5.74) is 0.215. The summed E-state index contributed by atoms with van der Waals surface area (Å²) in [6.45, 7) is 5.90. The van der Waals surface area contributed by atoms with Crippen molar-refractivity contribution in [2.45, 2.75) is 31.2 Å². The molecule has 0 aliphatic heterocycles. The van der Waals surface area contributed by atoms with Gasteiger partial charge < -0.3 is 0 Å². The van der Waals surface area contributed by atoms with E-state index in [1.165, 1.54) is 12.4 Å². The number of rotatable bonds is 1. The molecule has 92 valence electrons. The van der Waals surface area contributed by atoms with E-state index >= 15 is 0 Å². The Morgan fingerprint density at radius 3 is 2.41 bits per heavy atom. The van der Waals surface area contributed by atoms with Gasteiger partial charge in [-0.1, -0.05) is 0 Å². The van der Waals surface area contributed by atoms with Crippen LogP contribution in [0, 0.1) is 0 Å². The molecule has 0 fully saturated rings. The summed E-state index contributed by atoms with van der Waals surface area (Å²) < 4.78 is 24.9. The summed E-state index contributed by atoms with van der Waals surface area (Å²) in [6, 6.07) is 0. The normalized spacial score (nSPS) is 13.2. The Morgan fingerprint density at radius 1 is 1.24 bits per heavy atom. The summed E-state index contributed by atoms with van der Waals surface area (Å²) in [7, 11) is -3.32. The van der Waals surface area contributed by atoms with Crippen molar-refractivity contribution in [2.75, 3.05) is 6.26 Å². The van der Waals surface area contributed by atoms with Crippen molar-refractivity contribution in [3.8, 4) is 0 Å². The first kappa shape index (κ1) is 12.0. The third-order valence-electron chi connectivity index (χ3n) is 2.37. The van der Waals surface area contributed by atoms with E-state index < -0.39 is 9.84 Å². The van der Waals surface area contributed by atoms with Crippen LogP contribution in [0.15, 0.2) is 17.3 Å². The van der Waals surface area contributed by atoms with E-state index in [1.807, 2.05) is 20.8 Å². The fourth-order valence-electron chi connectivity index (χ4n) is 1.60. The van der Waals surface area contributed by atoms with Gasteiger partial charge in [0.1, 0.15) is 0 Å². The van der Waals surface area contributed by atoms with Gasteiger partial charge in [0.2, 0.25) is 0 Å². The Balaban J connectivity index is 2.83. The number of aromatic nitrogens is 4. The fraction of sp³-hybridized carbons (Fsp3) is 0.500. The van der Waals surface area contributed by atoms with Crippen molar-refractivity contribution >= 4 is 20.9 Å². The van der Waals surface area contributed by atoms with Crippen molar-refractivity contribution in [3.05, 3.63) is 12.4 Å². The largest absolute Gasteiger partial charge is 0.240 e. The Morgan fingerprint density at radius 2 is 1.88 bits per heavy atom. The number of hydrogen-bond donors (Lipinski definition) is 0. The molecule has 7 heteroatoms. The van der Waals surface area contributed by atoms with Gasteiger partial charge in [0.05, 0.1) is 28.2 Å². The lowest BCUT2D eigenvalue weighted by Crippen LogP contribution is -2.23. The van der Waals surface area contributed by atoms with Gasteiger partial charge in [-0.25, -0.2) is 13.1 Å². The average Bonchev–Trinajstić information content (AvgIpc) is 2.57. The van der Waals surface area contributed by atoms with Crippen LogP contribution in [-0.2, 0) is 15.4 Å². The third-order valence-corrected chi connectivity index (χ3v) is 3.50. The van der Waals surface area contributed by atoms with Crippen LogP contribution in [0.4, 0.5) is 0 Å². The summed E-state index contributed by atoms with van der Waals surface area (Å²) in [5, 5.41) is 12.4. The standard InChI is InChI=1S/C10H14N4O2S/c1-10(2,3)14-9-7(5-12-14)8(6-11-13-9)17(4,15)16/h5-6H,1-4H3. The van der Waals surface area contributed by atoms with Gasteiger partial charge in [0.15, 0.2) is 15.5 Å². The molecule has 6 nitrogen and oxygen atoms in total. The molecule has 17 heavy (non-hydrogen) atoms. The zero-order valence-corrected chi connectivity index (χ0v) is 11.0. The molecule has 0 aliphatic carbocycles. The summed E-state index contributed by atoms with van der Waals surface area (Å²) >= 11 is 0. The van der Waals surface area contributed by atoms with Gasteiger partial charge >= 0.3 is 0 Å². The number of hydrogen-bond acceptors (Lipinski definition) is 5. The summed E-state index contributed by atoms with van der Waals surface area (Å²) in [4.78, 5) is 0.165. The van der Waals surface area contributed by atoms with Crippen molar-refractivity contribution in [2.24, 2.45) is 0 Å². The molecule has 0 saturated heterocycles. The lowest BCUT2D eigenvalue weighted by Gasteiger charge is -2.19. The van der Waals surface area contributed by atoms with E-state index in [2.05, 4.69) is 15.3 Å². The minimum absolute atomic E-state index is 0.165. The topological polar surface area (TPSA) is 77.7 Å². The van der Waals surface area contributed by atoms with E-state index in [-0.39, 0.29) is 10.4 Å². The SMILES string of the molecule is CC(C)(C)n1ncc2c(S(C)(=O)=O)cnnc21. The first-order chi connectivity index (χ1) is 7.71. The van der Waals surface area contributed by atoms with Gasteiger partial charge in [-0.15, -0.1) is 5.10 Å². The fourth-order valence-corrected chi connectivity index (χ4v) is 2.39. The molecule has 0 radical (unpaired) electrons. The van der Waals surface area contributed by atoms with Gasteiger partial charge in [-0.05, 0) is 20.8 Å². The van der Waals surface area contributed by atoms with Crippen LogP contribution in [0.1, 0.15) is 20.8 Å². The first-order valence-electron chi connectivity index (χ1n) is 5.11. The predicted molar refractivity (Wildman–Crippen MR) is 63.4 cm³/mol. The van der Waals surface area contributed by atoms with Crippen LogP contribution in [-0.4, -0.2) is 34.7 Å². The molecule has 0 bridgehead atoms. The number of nitrogens with zero attached hydrogens (tertiary/aromatic N) is 4. The lowest BCUT2D eigenvalue weighted by atomic mass is 10.1. The molecule has 0 atom stereocenters. The zero-order chi connectivity index (χ0) is 12.8. The smallest absolute Gasteiger partial charge is 0.182 e. The first-order valence-corrected chi connectivity index (χ1v) is 7.00. The Kier molecular flexibility index (Phi) is 2.46. The molecular weight excluding hydrogens is 240 g/mol. The molecule has 0 spiro atoms. The molecule has 2 rings (SSSR count). The molecule has 2 aromatic heterocycles. The highest BCUT2D eigenvalue weighted by molar-refractivity contribution is 7.91. The summed E-state index contributed by atoms with van der Waals surface area (Å²) in [5.74, 6) is 0. The number of fused-ring (bicyclic) bond motifs is 1. The minimum atomic E-state index is -3.32. The maximum absolute atomic E-state index is 11.6. The van der Waals surface area contributed by atoms with E-state index in [4.69, 9.17) is 0 Å². The Labute approximate surface area is 99.6 Å². The second-order valence-electron chi connectivity index (χ2n) is 4.95. The Bertz CT molecular complexity index is 667. The van der Waals surface area contributed by atoms with E-state index in [1.54, 1.807) is 4.68 Å². The average molecular weight is 254 g/mol. The monoisotopic (exact) mass is 254 g/mol. The van der Waals surface area contributed by atoms with E-state index in [0.29, 0.717) is 11.0 Å². The highest BCUT2D eigenvalue weighted by Crippen LogP contribution is 2.24. The highest BCUT2D eigenvalue weighted by atomic mass is 32.2. The molecule has 0 unspecified atom stereocenters. The quantitative estimate of drug-likeness (QED) is 0.758. The van der Waals surface area contributed by atoms with Crippen LogP contribution >= 0.6 is 0 Å². The molecule has 0 saturated carbocycles. The van der Waals surface area contributed by atoms with Crippen LogP contribution in [0.5, 0.6) is 0 Å². The van der Waals surface area contributed by atoms with Crippen LogP contribution in [0.25, 0.3) is 11.0 Å². The van der Waals surface area contributed by atoms with Gasteiger partial charge in [0, 0.05) is 6.26 Å². The van der Waals surface area contributed by atoms with Gasteiger partial charge in [-0.2, -0.15) is 10.2 Å². The second-order valence-corrected chi connectivity index (χ2v) is 6.93. The number of sulfone groups is 1. The molecule has 0 aromatic carbocycles. The molecule has 0 amide bonds. The van der Waals surface area contributed by atoms with Crippen LogP contribution < -0.4 is 0 Å². The van der Waals surface area contributed by atoms with Crippen molar-refractivity contribution in [1.29, 1.82) is 0 Å². The van der Waals surface area contributed by atoms with Crippen LogP contribution in [0.3, 0.4) is 0 Å². The minimum Gasteiger partial charge on any atom is -0.240 e. The maximum atomic E-state index is 11.6. The molecule has 2 aromatic rings. The Hall–Kier alpha value is -1.50. The van der Waals surface area contributed by atoms with Gasteiger partial charge in [0.25, 0.3) is 0 Å². The molecule has 0 N–H and O–H groups in total. The second kappa shape index (κ2) is 3.49. The van der Waals surface area contributed by atoms with Crippen molar-refractivity contribution in [3.63, 3.8) is 0 Å². The third kappa shape index (κ3) is 2.02. The van der Waals surface area contributed by atoms with Gasteiger partial charge in [-0.3, -0.25) is 0 Å². The van der Waals surface area contributed by atoms with Crippen molar-refractivity contribution < 1.29 is 8.42 Å². The van der Waals surface area contributed by atoms with E-state index in [9.17, 15) is 8.42 Å². The predicted octanol–water partition coefficient (Wildman–Crippen LogP) is 0.985. The van der Waals surface area contributed by atoms with Crippen LogP contribution in [0.2, 0.25) is 0 Å². The zero-order valence-electron chi connectivity index (χ0n) is 10.2. The van der Waals surface area contributed by atoms with Crippen molar-refractivity contribution in [1.82, 2.24) is 20.0 Å².